The molecule has 3 aromatic rings. The SMILES string of the molecule is O=C(NCc1cccc(F)c1)C1CCN(C(=O)c2ncn3c2COC(c2ccccc2)C3)CC1. The molecule has 0 saturated carbocycles. The van der Waals surface area contributed by atoms with Gasteiger partial charge in [0.1, 0.15) is 11.9 Å². The zero-order valence-electron chi connectivity index (χ0n) is 18.8. The van der Waals surface area contributed by atoms with Gasteiger partial charge in [-0.3, -0.25) is 9.59 Å². The van der Waals surface area contributed by atoms with Gasteiger partial charge in [0.2, 0.25) is 5.91 Å². The van der Waals surface area contributed by atoms with E-state index in [0.29, 0.717) is 51.3 Å². The lowest BCUT2D eigenvalue weighted by atomic mass is 9.95. The molecular weight excluding hydrogens is 435 g/mol. The number of benzene rings is 2. The van der Waals surface area contributed by atoms with Crippen molar-refractivity contribution in [2.45, 2.75) is 38.6 Å². The maximum absolute atomic E-state index is 13.3. The number of carbonyl (C=O) groups is 2. The van der Waals surface area contributed by atoms with Crippen molar-refractivity contribution in [2.75, 3.05) is 13.1 Å². The molecule has 2 aliphatic rings. The van der Waals surface area contributed by atoms with E-state index in [1.807, 2.05) is 34.9 Å². The first kappa shape index (κ1) is 22.3. The monoisotopic (exact) mass is 462 g/mol. The van der Waals surface area contributed by atoms with E-state index < -0.39 is 0 Å². The Balaban J connectivity index is 1.15. The minimum absolute atomic E-state index is 0.0592. The van der Waals surface area contributed by atoms with Crippen LogP contribution in [0.5, 0.6) is 0 Å². The van der Waals surface area contributed by atoms with E-state index in [4.69, 9.17) is 4.74 Å². The number of halogens is 1. The first-order chi connectivity index (χ1) is 16.6. The number of carbonyl (C=O) groups excluding carboxylic acids is 2. The minimum Gasteiger partial charge on any atom is -0.365 e. The van der Waals surface area contributed by atoms with Gasteiger partial charge in [0, 0.05) is 25.6 Å². The van der Waals surface area contributed by atoms with Gasteiger partial charge in [-0.15, -0.1) is 0 Å². The van der Waals surface area contributed by atoms with E-state index in [9.17, 15) is 14.0 Å². The molecule has 176 valence electrons. The molecule has 3 heterocycles. The highest BCUT2D eigenvalue weighted by Gasteiger charge is 2.32. The van der Waals surface area contributed by atoms with Gasteiger partial charge in [-0.2, -0.15) is 0 Å². The predicted molar refractivity (Wildman–Crippen MR) is 123 cm³/mol. The Hall–Kier alpha value is -3.52. The highest BCUT2D eigenvalue weighted by atomic mass is 19.1. The van der Waals surface area contributed by atoms with Crippen molar-refractivity contribution < 1.29 is 18.7 Å². The van der Waals surface area contributed by atoms with E-state index in [1.165, 1.54) is 12.1 Å². The van der Waals surface area contributed by atoms with Crippen molar-refractivity contribution in [1.82, 2.24) is 19.8 Å². The van der Waals surface area contributed by atoms with Crippen molar-refractivity contribution in [1.29, 1.82) is 0 Å². The predicted octanol–water partition coefficient (Wildman–Crippen LogP) is 3.46. The second-order valence-electron chi connectivity index (χ2n) is 8.82. The van der Waals surface area contributed by atoms with Crippen molar-refractivity contribution in [2.24, 2.45) is 5.92 Å². The first-order valence-electron chi connectivity index (χ1n) is 11.6. The summed E-state index contributed by atoms with van der Waals surface area (Å²) in [5.41, 5.74) is 3.06. The van der Waals surface area contributed by atoms with Gasteiger partial charge in [-0.25, -0.2) is 9.37 Å². The van der Waals surface area contributed by atoms with Crippen LogP contribution < -0.4 is 5.32 Å². The Bertz CT molecular complexity index is 1170. The quantitative estimate of drug-likeness (QED) is 0.630. The fourth-order valence-corrected chi connectivity index (χ4v) is 4.65. The van der Waals surface area contributed by atoms with Gasteiger partial charge in [0.25, 0.3) is 5.91 Å². The number of piperidine rings is 1. The second-order valence-corrected chi connectivity index (χ2v) is 8.82. The smallest absolute Gasteiger partial charge is 0.274 e. The molecule has 0 bridgehead atoms. The molecule has 1 aromatic heterocycles. The van der Waals surface area contributed by atoms with E-state index in [1.54, 1.807) is 23.4 Å². The molecule has 0 spiro atoms. The molecule has 5 rings (SSSR count). The van der Waals surface area contributed by atoms with Gasteiger partial charge in [0.05, 0.1) is 25.2 Å². The number of rotatable bonds is 5. The molecule has 7 nitrogen and oxygen atoms in total. The topological polar surface area (TPSA) is 76.5 Å². The summed E-state index contributed by atoms with van der Waals surface area (Å²) in [7, 11) is 0. The number of nitrogens with one attached hydrogen (secondary N) is 1. The fourth-order valence-electron chi connectivity index (χ4n) is 4.65. The summed E-state index contributed by atoms with van der Waals surface area (Å²) in [5, 5.41) is 2.88. The number of likely N-dealkylation sites (tertiary alicyclic amines) is 1. The van der Waals surface area contributed by atoms with Crippen molar-refractivity contribution in [3.05, 3.63) is 89.3 Å². The van der Waals surface area contributed by atoms with Crippen LogP contribution in [0.15, 0.2) is 60.9 Å². The van der Waals surface area contributed by atoms with Crippen LogP contribution in [0.1, 0.15) is 46.3 Å². The average Bonchev–Trinajstić information content (AvgIpc) is 3.31. The van der Waals surface area contributed by atoms with Crippen LogP contribution in [-0.4, -0.2) is 39.4 Å². The maximum atomic E-state index is 13.3. The normalized spacial score (nSPS) is 18.4. The molecule has 1 N–H and O–H groups in total. The number of fused-ring (bicyclic) bond motifs is 1. The lowest BCUT2D eigenvalue weighted by molar-refractivity contribution is -0.126. The van der Waals surface area contributed by atoms with Crippen molar-refractivity contribution in [3.63, 3.8) is 0 Å². The van der Waals surface area contributed by atoms with Crippen LogP contribution in [0.2, 0.25) is 0 Å². The number of nitrogens with zero attached hydrogens (tertiary/aromatic N) is 3. The van der Waals surface area contributed by atoms with Crippen molar-refractivity contribution in [3.8, 4) is 0 Å². The second kappa shape index (κ2) is 9.77. The van der Waals surface area contributed by atoms with Gasteiger partial charge in [0.15, 0.2) is 5.69 Å². The first-order valence-corrected chi connectivity index (χ1v) is 11.6. The van der Waals surface area contributed by atoms with Crippen LogP contribution >= 0.6 is 0 Å². The Morgan fingerprint density at radius 1 is 1.09 bits per heavy atom. The number of imidazole rings is 1. The van der Waals surface area contributed by atoms with Gasteiger partial charge in [-0.1, -0.05) is 42.5 Å². The van der Waals surface area contributed by atoms with Crippen LogP contribution in [0.25, 0.3) is 0 Å². The molecule has 2 aliphatic heterocycles. The summed E-state index contributed by atoms with van der Waals surface area (Å²) >= 11 is 0. The molecule has 1 unspecified atom stereocenters. The number of hydrogen-bond acceptors (Lipinski definition) is 4. The molecule has 0 aliphatic carbocycles. The lowest BCUT2D eigenvalue weighted by Gasteiger charge is -2.31. The Morgan fingerprint density at radius 2 is 1.88 bits per heavy atom. The van der Waals surface area contributed by atoms with Crippen molar-refractivity contribution >= 4 is 11.8 Å². The molecule has 2 amide bonds. The van der Waals surface area contributed by atoms with Crippen LogP contribution in [-0.2, 0) is 29.2 Å². The number of aromatic nitrogens is 2. The van der Waals surface area contributed by atoms with E-state index in [-0.39, 0.29) is 29.7 Å². The summed E-state index contributed by atoms with van der Waals surface area (Å²) in [4.78, 5) is 31.9. The molecule has 1 atom stereocenters. The third-order valence-electron chi connectivity index (χ3n) is 6.61. The molecule has 34 heavy (non-hydrogen) atoms. The zero-order valence-corrected chi connectivity index (χ0v) is 18.8. The third kappa shape index (κ3) is 4.72. The molecular formula is C26H27FN4O3. The Morgan fingerprint density at radius 3 is 2.65 bits per heavy atom. The number of ether oxygens (including phenoxy) is 1. The summed E-state index contributed by atoms with van der Waals surface area (Å²) in [5.74, 6) is -0.658. The van der Waals surface area contributed by atoms with E-state index >= 15 is 0 Å². The molecule has 2 aromatic carbocycles. The summed E-state index contributed by atoms with van der Waals surface area (Å²) < 4.78 is 21.4. The molecule has 1 fully saturated rings. The Labute approximate surface area is 197 Å². The van der Waals surface area contributed by atoms with Gasteiger partial charge in [-0.05, 0) is 36.1 Å². The molecule has 0 radical (unpaired) electrons. The fraction of sp³-hybridized carbons (Fsp3) is 0.346. The standard InChI is InChI=1S/C26H27FN4O3/c27-21-8-4-5-18(13-21)14-28-25(32)20-9-11-30(12-10-20)26(33)24-22-16-34-23(15-31(22)17-29-24)19-6-2-1-3-7-19/h1-8,13,17,20,23H,9-12,14-16H2,(H,28,32). The van der Waals surface area contributed by atoms with Gasteiger partial charge >= 0.3 is 0 Å². The minimum atomic E-state index is -0.318. The van der Waals surface area contributed by atoms with Crippen LogP contribution in [0.4, 0.5) is 4.39 Å². The average molecular weight is 463 g/mol. The summed E-state index contributed by atoms with van der Waals surface area (Å²) in [6.45, 7) is 2.24. The maximum Gasteiger partial charge on any atom is 0.274 e. The highest BCUT2D eigenvalue weighted by Crippen LogP contribution is 2.28. The number of amides is 2. The summed E-state index contributed by atoms with van der Waals surface area (Å²) in [6, 6.07) is 16.2. The highest BCUT2D eigenvalue weighted by molar-refractivity contribution is 5.93. The molecule has 8 heteroatoms. The van der Waals surface area contributed by atoms with Crippen LogP contribution in [0.3, 0.4) is 0 Å². The zero-order chi connectivity index (χ0) is 23.5. The van der Waals surface area contributed by atoms with Crippen LogP contribution in [0, 0.1) is 11.7 Å². The third-order valence-corrected chi connectivity index (χ3v) is 6.61. The van der Waals surface area contributed by atoms with E-state index in [0.717, 1.165) is 16.8 Å². The Kier molecular flexibility index (Phi) is 6.40. The largest absolute Gasteiger partial charge is 0.365 e. The number of hydrogen-bond donors (Lipinski definition) is 1. The van der Waals surface area contributed by atoms with E-state index in [2.05, 4.69) is 10.3 Å². The summed E-state index contributed by atoms with van der Waals surface area (Å²) in [6.07, 6.45) is 2.83. The molecule has 1 saturated heterocycles. The van der Waals surface area contributed by atoms with Gasteiger partial charge < -0.3 is 19.5 Å². The lowest BCUT2D eigenvalue weighted by Crippen LogP contribution is -2.43.